The number of hydrogen-bond donors (Lipinski definition) is 2. The van der Waals surface area contributed by atoms with Crippen molar-refractivity contribution in [2.45, 2.75) is 24.9 Å². The third-order valence-electron chi connectivity index (χ3n) is 3.42. The predicted molar refractivity (Wildman–Crippen MR) is 66.5 cm³/mol. The number of nitrogens with zero attached hydrogens (tertiary/aromatic N) is 1. The largest absolute Gasteiger partial charge is 0.389 e. The Bertz CT molecular complexity index is 328. The summed E-state index contributed by atoms with van der Waals surface area (Å²) in [5.74, 6) is 0. The van der Waals surface area contributed by atoms with Crippen LogP contribution in [-0.4, -0.2) is 30.3 Å². The fraction of sp³-hybridized carbons (Fsp3) is 0.538. The van der Waals surface area contributed by atoms with E-state index in [1.807, 2.05) is 6.07 Å². The van der Waals surface area contributed by atoms with Crippen molar-refractivity contribution in [1.29, 1.82) is 0 Å². The molecule has 1 aliphatic rings. The molecule has 3 N–H and O–H groups in total. The lowest BCUT2D eigenvalue weighted by atomic mass is 9.95. The van der Waals surface area contributed by atoms with Crippen LogP contribution in [0.4, 0.5) is 5.69 Å². The summed E-state index contributed by atoms with van der Waals surface area (Å²) in [6, 6.07) is 10.4. The molecule has 0 bridgehead atoms. The molecule has 0 aromatic heterocycles. The first-order valence-electron chi connectivity index (χ1n) is 5.96. The molecule has 88 valence electrons. The normalized spacial score (nSPS) is 26.5. The van der Waals surface area contributed by atoms with Crippen LogP contribution in [0, 0.1) is 0 Å². The fourth-order valence-corrected chi connectivity index (χ4v) is 2.28. The molecular weight excluding hydrogens is 200 g/mol. The minimum atomic E-state index is -0.649. The lowest BCUT2D eigenvalue weighted by Crippen LogP contribution is -2.38. The fourth-order valence-electron chi connectivity index (χ4n) is 2.28. The van der Waals surface area contributed by atoms with Gasteiger partial charge >= 0.3 is 0 Å². The molecule has 1 unspecified atom stereocenters. The second kappa shape index (κ2) is 4.85. The molecule has 1 saturated heterocycles. The average molecular weight is 220 g/mol. The molecule has 1 aliphatic heterocycles. The van der Waals surface area contributed by atoms with Crippen molar-refractivity contribution in [1.82, 2.24) is 0 Å². The van der Waals surface area contributed by atoms with Gasteiger partial charge in [0.2, 0.25) is 0 Å². The quantitative estimate of drug-likeness (QED) is 0.791. The van der Waals surface area contributed by atoms with Crippen LogP contribution in [0.15, 0.2) is 30.3 Å². The molecule has 1 heterocycles. The van der Waals surface area contributed by atoms with Crippen molar-refractivity contribution in [3.05, 3.63) is 30.3 Å². The number of aliphatic hydroxyl groups is 1. The molecule has 0 saturated carbocycles. The van der Waals surface area contributed by atoms with Gasteiger partial charge in [0.25, 0.3) is 0 Å². The summed E-state index contributed by atoms with van der Waals surface area (Å²) in [5, 5.41) is 10.2. The van der Waals surface area contributed by atoms with Crippen molar-refractivity contribution < 1.29 is 5.11 Å². The monoisotopic (exact) mass is 220 g/mol. The SMILES string of the molecule is NCC1(O)CCCN(c2ccccc2)CC1. The Labute approximate surface area is 96.9 Å². The van der Waals surface area contributed by atoms with E-state index in [4.69, 9.17) is 5.73 Å². The van der Waals surface area contributed by atoms with Gasteiger partial charge in [-0.15, -0.1) is 0 Å². The van der Waals surface area contributed by atoms with Gasteiger partial charge in [-0.25, -0.2) is 0 Å². The molecule has 2 rings (SSSR count). The molecular formula is C13H20N2O. The van der Waals surface area contributed by atoms with E-state index in [2.05, 4.69) is 29.2 Å². The number of benzene rings is 1. The number of anilines is 1. The summed E-state index contributed by atoms with van der Waals surface area (Å²) < 4.78 is 0. The van der Waals surface area contributed by atoms with Crippen LogP contribution in [0.5, 0.6) is 0 Å². The summed E-state index contributed by atoms with van der Waals surface area (Å²) in [6.45, 7) is 2.26. The van der Waals surface area contributed by atoms with E-state index in [0.29, 0.717) is 6.54 Å². The van der Waals surface area contributed by atoms with Crippen LogP contribution < -0.4 is 10.6 Å². The van der Waals surface area contributed by atoms with Gasteiger partial charge in [-0.05, 0) is 31.4 Å². The van der Waals surface area contributed by atoms with E-state index in [-0.39, 0.29) is 0 Å². The highest BCUT2D eigenvalue weighted by Gasteiger charge is 2.28. The third kappa shape index (κ3) is 2.54. The van der Waals surface area contributed by atoms with Gasteiger partial charge in [-0.3, -0.25) is 0 Å². The zero-order valence-corrected chi connectivity index (χ0v) is 9.60. The Morgan fingerprint density at radius 2 is 1.94 bits per heavy atom. The van der Waals surface area contributed by atoms with E-state index in [0.717, 1.165) is 32.4 Å². The highest BCUT2D eigenvalue weighted by molar-refractivity contribution is 5.46. The third-order valence-corrected chi connectivity index (χ3v) is 3.42. The van der Waals surface area contributed by atoms with Gasteiger partial charge < -0.3 is 15.7 Å². The molecule has 0 spiro atoms. The van der Waals surface area contributed by atoms with Crippen LogP contribution in [0.3, 0.4) is 0 Å². The van der Waals surface area contributed by atoms with Crippen LogP contribution in [-0.2, 0) is 0 Å². The number of nitrogens with two attached hydrogens (primary N) is 1. The maximum Gasteiger partial charge on any atom is 0.0786 e. The second-order valence-corrected chi connectivity index (χ2v) is 4.60. The number of hydrogen-bond acceptors (Lipinski definition) is 3. The second-order valence-electron chi connectivity index (χ2n) is 4.60. The van der Waals surface area contributed by atoms with E-state index < -0.39 is 5.60 Å². The standard InChI is InChI=1S/C13H20N2O/c14-11-13(16)7-4-9-15(10-8-13)12-5-2-1-3-6-12/h1-3,5-6,16H,4,7-11,14H2. The topological polar surface area (TPSA) is 49.5 Å². The molecule has 1 atom stereocenters. The molecule has 1 aromatic carbocycles. The Kier molecular flexibility index (Phi) is 3.46. The molecule has 0 amide bonds. The van der Waals surface area contributed by atoms with Gasteiger partial charge in [0.15, 0.2) is 0 Å². The van der Waals surface area contributed by atoms with Crippen molar-refractivity contribution in [2.75, 3.05) is 24.5 Å². The summed E-state index contributed by atoms with van der Waals surface area (Å²) >= 11 is 0. The Morgan fingerprint density at radius 1 is 1.19 bits per heavy atom. The van der Waals surface area contributed by atoms with E-state index in [1.165, 1.54) is 5.69 Å². The van der Waals surface area contributed by atoms with Gasteiger partial charge in [0.05, 0.1) is 5.60 Å². The highest BCUT2D eigenvalue weighted by atomic mass is 16.3. The van der Waals surface area contributed by atoms with Crippen LogP contribution in [0.1, 0.15) is 19.3 Å². The van der Waals surface area contributed by atoms with Gasteiger partial charge in [-0.1, -0.05) is 18.2 Å². The average Bonchev–Trinajstić information content (AvgIpc) is 2.53. The van der Waals surface area contributed by atoms with Gasteiger partial charge in [-0.2, -0.15) is 0 Å². The van der Waals surface area contributed by atoms with Crippen molar-refractivity contribution in [3.8, 4) is 0 Å². The number of para-hydroxylation sites is 1. The van der Waals surface area contributed by atoms with Gasteiger partial charge in [0, 0.05) is 25.3 Å². The highest BCUT2D eigenvalue weighted by Crippen LogP contribution is 2.24. The van der Waals surface area contributed by atoms with Crippen LogP contribution in [0.25, 0.3) is 0 Å². The molecule has 1 fully saturated rings. The van der Waals surface area contributed by atoms with Crippen LogP contribution in [0.2, 0.25) is 0 Å². The predicted octanol–water partition coefficient (Wildman–Crippen LogP) is 1.37. The Hall–Kier alpha value is -1.06. The number of rotatable bonds is 2. The van der Waals surface area contributed by atoms with E-state index in [9.17, 15) is 5.11 Å². The van der Waals surface area contributed by atoms with E-state index >= 15 is 0 Å². The zero-order valence-electron chi connectivity index (χ0n) is 9.60. The first-order valence-corrected chi connectivity index (χ1v) is 5.96. The smallest absolute Gasteiger partial charge is 0.0786 e. The van der Waals surface area contributed by atoms with Gasteiger partial charge in [0.1, 0.15) is 0 Å². The summed E-state index contributed by atoms with van der Waals surface area (Å²) in [4.78, 5) is 2.33. The molecule has 0 radical (unpaired) electrons. The minimum absolute atomic E-state index is 0.371. The van der Waals surface area contributed by atoms with Crippen molar-refractivity contribution >= 4 is 5.69 Å². The van der Waals surface area contributed by atoms with E-state index in [1.54, 1.807) is 0 Å². The maximum atomic E-state index is 10.2. The first-order chi connectivity index (χ1) is 7.73. The Balaban J connectivity index is 2.05. The minimum Gasteiger partial charge on any atom is -0.389 e. The maximum absolute atomic E-state index is 10.2. The molecule has 16 heavy (non-hydrogen) atoms. The molecule has 3 nitrogen and oxygen atoms in total. The summed E-state index contributed by atoms with van der Waals surface area (Å²) in [7, 11) is 0. The molecule has 1 aromatic rings. The summed E-state index contributed by atoms with van der Waals surface area (Å²) in [5.41, 5.74) is 6.21. The summed E-state index contributed by atoms with van der Waals surface area (Å²) in [6.07, 6.45) is 2.58. The molecule has 3 heteroatoms. The van der Waals surface area contributed by atoms with Crippen molar-refractivity contribution in [3.63, 3.8) is 0 Å². The van der Waals surface area contributed by atoms with Crippen molar-refractivity contribution in [2.24, 2.45) is 5.73 Å². The Morgan fingerprint density at radius 3 is 2.62 bits per heavy atom. The lowest BCUT2D eigenvalue weighted by Gasteiger charge is -2.26. The lowest BCUT2D eigenvalue weighted by molar-refractivity contribution is 0.0375. The van der Waals surface area contributed by atoms with Crippen LogP contribution >= 0.6 is 0 Å². The molecule has 0 aliphatic carbocycles. The zero-order chi connectivity index (χ0) is 11.4. The first kappa shape index (κ1) is 11.4.